The van der Waals surface area contributed by atoms with E-state index in [1.165, 1.54) is 6.20 Å². The first-order valence-corrected chi connectivity index (χ1v) is 8.35. The van der Waals surface area contributed by atoms with Gasteiger partial charge < -0.3 is 26.5 Å². The number of carboxylic acids is 1. The van der Waals surface area contributed by atoms with Crippen molar-refractivity contribution in [1.29, 1.82) is 0 Å². The number of rotatable bonds is 5. The molecule has 0 aliphatic carbocycles. The number of nitrogens with two attached hydrogens (primary N) is 1. The van der Waals surface area contributed by atoms with E-state index in [0.29, 0.717) is 16.9 Å². The molecule has 1 heterocycles. The van der Waals surface area contributed by atoms with Crippen LogP contribution < -0.4 is 16.4 Å². The molecule has 0 fully saturated rings. The van der Waals surface area contributed by atoms with E-state index < -0.39 is 17.9 Å². The lowest BCUT2D eigenvalue weighted by Crippen LogP contribution is -2.19. The summed E-state index contributed by atoms with van der Waals surface area (Å²) in [5.74, 6) is -1.94. The van der Waals surface area contributed by atoms with Crippen LogP contribution in [0.3, 0.4) is 0 Å². The number of aromatic nitrogens is 1. The monoisotopic (exact) mass is 378 g/mol. The van der Waals surface area contributed by atoms with Gasteiger partial charge in [0.15, 0.2) is 0 Å². The van der Waals surface area contributed by atoms with Crippen LogP contribution in [0.1, 0.15) is 26.4 Å². The zero-order valence-corrected chi connectivity index (χ0v) is 14.9. The third kappa shape index (κ3) is 3.85. The van der Waals surface area contributed by atoms with Crippen molar-refractivity contribution in [2.45, 2.75) is 6.92 Å². The average Bonchev–Trinajstić information content (AvgIpc) is 3.10. The van der Waals surface area contributed by atoms with Crippen LogP contribution in [-0.2, 0) is 0 Å². The van der Waals surface area contributed by atoms with Crippen molar-refractivity contribution in [2.24, 2.45) is 5.73 Å². The van der Waals surface area contributed by atoms with Gasteiger partial charge >= 0.3 is 12.0 Å². The SMILES string of the molecule is Cc1ccccc1NC(=O)Nc1ccc(-c2c(C(=O)O)c[nH]c2C(N)=O)cc1. The Bertz CT molecular complexity index is 1020. The minimum absolute atomic E-state index is 0.00963. The Balaban J connectivity index is 1.80. The van der Waals surface area contributed by atoms with Crippen molar-refractivity contribution in [3.05, 3.63) is 71.5 Å². The van der Waals surface area contributed by atoms with Crippen LogP contribution in [0.25, 0.3) is 11.1 Å². The molecule has 0 radical (unpaired) electrons. The number of aryl methyl sites for hydroxylation is 1. The number of carboxylic acid groups (broad SMARTS) is 1. The lowest BCUT2D eigenvalue weighted by Gasteiger charge is -2.10. The molecule has 0 aliphatic rings. The lowest BCUT2D eigenvalue weighted by atomic mass is 10.0. The van der Waals surface area contributed by atoms with Gasteiger partial charge in [-0.05, 0) is 36.2 Å². The molecule has 0 aliphatic heterocycles. The molecular weight excluding hydrogens is 360 g/mol. The normalized spacial score (nSPS) is 10.3. The molecule has 0 saturated carbocycles. The Morgan fingerprint density at radius 2 is 1.68 bits per heavy atom. The Labute approximate surface area is 160 Å². The number of para-hydroxylation sites is 1. The predicted octanol–water partition coefficient (Wildman–Crippen LogP) is 3.43. The van der Waals surface area contributed by atoms with Crippen LogP contribution >= 0.6 is 0 Å². The highest BCUT2D eigenvalue weighted by Gasteiger charge is 2.21. The molecule has 0 bridgehead atoms. The number of anilines is 2. The number of aromatic carboxylic acids is 1. The summed E-state index contributed by atoms with van der Waals surface area (Å²) in [6, 6.07) is 13.4. The van der Waals surface area contributed by atoms with E-state index in [2.05, 4.69) is 15.6 Å². The number of carbonyl (C=O) groups is 3. The number of carbonyl (C=O) groups excluding carboxylic acids is 2. The van der Waals surface area contributed by atoms with Gasteiger partial charge in [-0.25, -0.2) is 9.59 Å². The maximum atomic E-state index is 12.2. The summed E-state index contributed by atoms with van der Waals surface area (Å²) in [6.07, 6.45) is 1.22. The molecule has 0 saturated heterocycles. The number of hydrogen-bond donors (Lipinski definition) is 5. The van der Waals surface area contributed by atoms with E-state index in [0.717, 1.165) is 5.56 Å². The fourth-order valence-electron chi connectivity index (χ4n) is 2.80. The lowest BCUT2D eigenvalue weighted by molar-refractivity contribution is 0.0697. The van der Waals surface area contributed by atoms with Crippen molar-refractivity contribution in [3.63, 3.8) is 0 Å². The molecule has 6 N–H and O–H groups in total. The minimum Gasteiger partial charge on any atom is -0.478 e. The van der Waals surface area contributed by atoms with Crippen LogP contribution in [0.15, 0.2) is 54.7 Å². The summed E-state index contributed by atoms with van der Waals surface area (Å²) in [5.41, 5.74) is 8.08. The van der Waals surface area contributed by atoms with Gasteiger partial charge in [0, 0.05) is 23.1 Å². The van der Waals surface area contributed by atoms with Crippen LogP contribution in [-0.4, -0.2) is 28.0 Å². The van der Waals surface area contributed by atoms with Gasteiger partial charge in [0.1, 0.15) is 5.69 Å². The van der Waals surface area contributed by atoms with E-state index in [4.69, 9.17) is 5.73 Å². The summed E-state index contributed by atoms with van der Waals surface area (Å²) in [4.78, 5) is 37.8. The number of aromatic amines is 1. The smallest absolute Gasteiger partial charge is 0.337 e. The van der Waals surface area contributed by atoms with E-state index >= 15 is 0 Å². The standard InChI is InChI=1S/C20H18N4O4/c1-11-4-2-3-5-15(11)24-20(28)23-13-8-6-12(7-9-13)16-14(19(26)27)10-22-17(16)18(21)25/h2-10,22H,1H3,(H2,21,25)(H,26,27)(H2,23,24,28). The second-order valence-corrected chi connectivity index (χ2v) is 6.09. The van der Waals surface area contributed by atoms with E-state index in [1.807, 2.05) is 25.1 Å². The fraction of sp³-hybridized carbons (Fsp3) is 0.0500. The maximum Gasteiger partial charge on any atom is 0.337 e. The molecule has 28 heavy (non-hydrogen) atoms. The zero-order chi connectivity index (χ0) is 20.3. The summed E-state index contributed by atoms with van der Waals surface area (Å²) in [7, 11) is 0. The first kappa shape index (κ1) is 18.7. The molecule has 8 nitrogen and oxygen atoms in total. The van der Waals surface area contributed by atoms with Crippen molar-refractivity contribution in [3.8, 4) is 11.1 Å². The Morgan fingerprint density at radius 1 is 1.00 bits per heavy atom. The number of benzene rings is 2. The largest absolute Gasteiger partial charge is 0.478 e. The second-order valence-electron chi connectivity index (χ2n) is 6.09. The van der Waals surface area contributed by atoms with E-state index in [-0.39, 0.29) is 16.8 Å². The summed E-state index contributed by atoms with van der Waals surface area (Å²) in [5, 5.41) is 14.8. The van der Waals surface area contributed by atoms with E-state index in [9.17, 15) is 19.5 Å². The van der Waals surface area contributed by atoms with Crippen LogP contribution in [0.5, 0.6) is 0 Å². The highest BCUT2D eigenvalue weighted by molar-refractivity contribution is 6.06. The van der Waals surface area contributed by atoms with Crippen LogP contribution in [0.2, 0.25) is 0 Å². The van der Waals surface area contributed by atoms with Gasteiger partial charge in [-0.15, -0.1) is 0 Å². The molecule has 0 spiro atoms. The number of urea groups is 1. The predicted molar refractivity (Wildman–Crippen MR) is 106 cm³/mol. The van der Waals surface area contributed by atoms with Crippen molar-refractivity contribution in [2.75, 3.05) is 10.6 Å². The number of nitrogens with one attached hydrogen (secondary N) is 3. The van der Waals surface area contributed by atoms with Crippen molar-refractivity contribution in [1.82, 2.24) is 4.98 Å². The summed E-state index contributed by atoms with van der Waals surface area (Å²) < 4.78 is 0. The molecule has 3 aromatic rings. The molecule has 8 heteroatoms. The molecule has 0 unspecified atom stereocenters. The molecule has 3 amide bonds. The third-order valence-electron chi connectivity index (χ3n) is 4.18. The minimum atomic E-state index is -1.18. The number of hydrogen-bond acceptors (Lipinski definition) is 3. The molecule has 2 aromatic carbocycles. The second kappa shape index (κ2) is 7.67. The average molecular weight is 378 g/mol. The van der Waals surface area contributed by atoms with Gasteiger partial charge in [0.05, 0.1) is 5.56 Å². The van der Waals surface area contributed by atoms with Gasteiger partial charge in [-0.1, -0.05) is 30.3 Å². The number of primary amides is 1. The van der Waals surface area contributed by atoms with Gasteiger partial charge in [-0.2, -0.15) is 0 Å². The van der Waals surface area contributed by atoms with Gasteiger partial charge in [0.2, 0.25) is 0 Å². The van der Waals surface area contributed by atoms with Crippen LogP contribution in [0, 0.1) is 6.92 Å². The van der Waals surface area contributed by atoms with Crippen LogP contribution in [0.4, 0.5) is 16.2 Å². The Kier molecular flexibility index (Phi) is 5.12. The number of H-pyrrole nitrogens is 1. The Morgan fingerprint density at radius 3 is 2.29 bits per heavy atom. The summed E-state index contributed by atoms with van der Waals surface area (Å²) in [6.45, 7) is 1.89. The molecule has 0 atom stereocenters. The Hall–Kier alpha value is -4.07. The highest BCUT2D eigenvalue weighted by atomic mass is 16.4. The van der Waals surface area contributed by atoms with Crippen molar-refractivity contribution >= 4 is 29.3 Å². The number of amides is 3. The molecule has 142 valence electrons. The molecule has 1 aromatic heterocycles. The highest BCUT2D eigenvalue weighted by Crippen LogP contribution is 2.29. The van der Waals surface area contributed by atoms with E-state index in [1.54, 1.807) is 30.3 Å². The topological polar surface area (TPSA) is 137 Å². The maximum absolute atomic E-state index is 12.2. The third-order valence-corrected chi connectivity index (χ3v) is 4.18. The fourth-order valence-corrected chi connectivity index (χ4v) is 2.80. The first-order valence-electron chi connectivity index (χ1n) is 8.35. The van der Waals surface area contributed by atoms with Crippen molar-refractivity contribution < 1.29 is 19.5 Å². The first-order chi connectivity index (χ1) is 13.4. The van der Waals surface area contributed by atoms with Gasteiger partial charge in [-0.3, -0.25) is 4.79 Å². The molecular formula is C20H18N4O4. The molecule has 3 rings (SSSR count). The summed E-state index contributed by atoms with van der Waals surface area (Å²) >= 11 is 0. The quantitative estimate of drug-likeness (QED) is 0.464. The van der Waals surface area contributed by atoms with Gasteiger partial charge in [0.25, 0.3) is 5.91 Å². The zero-order valence-electron chi connectivity index (χ0n) is 14.9.